The summed E-state index contributed by atoms with van der Waals surface area (Å²) >= 11 is 0. The predicted molar refractivity (Wildman–Crippen MR) is 198 cm³/mol. The van der Waals surface area contributed by atoms with Crippen molar-refractivity contribution in [2.75, 3.05) is 0 Å². The Balaban J connectivity index is 1.13. The highest BCUT2D eigenvalue weighted by molar-refractivity contribution is 6.13. The van der Waals surface area contributed by atoms with Crippen LogP contribution in [0.25, 0.3) is 71.6 Å². The SMILES string of the molecule is C1=CC2=C(CC1)C(CCc1nc(-c3ccc4ccccc4c3)c3ccccc3n1)c1c(-c3ccccc3)cc3c(oc4ccccc43)c12. The molecule has 2 aliphatic rings. The van der Waals surface area contributed by atoms with Crippen LogP contribution < -0.4 is 0 Å². The number of aryl methyl sites for hydroxylation is 1. The first-order valence-electron chi connectivity index (χ1n) is 17.0. The van der Waals surface area contributed by atoms with Crippen molar-refractivity contribution < 1.29 is 4.42 Å². The van der Waals surface area contributed by atoms with Crippen LogP contribution in [0.15, 0.2) is 150 Å². The van der Waals surface area contributed by atoms with Gasteiger partial charge in [0.1, 0.15) is 17.0 Å². The second kappa shape index (κ2) is 10.9. The number of hydrogen-bond acceptors (Lipinski definition) is 3. The Bertz CT molecular complexity index is 2620. The van der Waals surface area contributed by atoms with Gasteiger partial charge in [-0.3, -0.25) is 0 Å². The van der Waals surface area contributed by atoms with Gasteiger partial charge >= 0.3 is 0 Å². The van der Waals surface area contributed by atoms with Crippen molar-refractivity contribution >= 4 is 49.2 Å². The van der Waals surface area contributed by atoms with Gasteiger partial charge in [0.05, 0.1) is 11.2 Å². The van der Waals surface area contributed by atoms with Gasteiger partial charge in [0, 0.05) is 39.6 Å². The number of fused-ring (bicyclic) bond motifs is 8. The molecule has 3 heteroatoms. The molecule has 0 radical (unpaired) electrons. The van der Waals surface area contributed by atoms with E-state index in [1.54, 1.807) is 0 Å². The molecule has 6 aromatic carbocycles. The normalized spacial score (nSPS) is 15.5. The third kappa shape index (κ3) is 4.28. The summed E-state index contributed by atoms with van der Waals surface area (Å²) in [5.74, 6) is 1.15. The van der Waals surface area contributed by atoms with Crippen LogP contribution in [-0.2, 0) is 6.42 Å². The van der Waals surface area contributed by atoms with Gasteiger partial charge in [-0.2, -0.15) is 0 Å². The summed E-state index contributed by atoms with van der Waals surface area (Å²) in [6, 6.07) is 45.3. The van der Waals surface area contributed by atoms with Gasteiger partial charge in [0.25, 0.3) is 0 Å². The quantitative estimate of drug-likeness (QED) is 0.193. The maximum atomic E-state index is 6.70. The third-order valence-electron chi connectivity index (χ3n) is 10.4. The second-order valence-corrected chi connectivity index (χ2v) is 13.1. The molecule has 2 aromatic heterocycles. The zero-order valence-corrected chi connectivity index (χ0v) is 26.5. The zero-order chi connectivity index (χ0) is 31.6. The number of furan rings is 1. The highest BCUT2D eigenvalue weighted by atomic mass is 16.3. The van der Waals surface area contributed by atoms with Crippen LogP contribution in [0.3, 0.4) is 0 Å². The van der Waals surface area contributed by atoms with Crippen LogP contribution in [0, 0.1) is 0 Å². The molecule has 2 aliphatic carbocycles. The molecule has 0 spiro atoms. The molecule has 8 aromatic rings. The van der Waals surface area contributed by atoms with Gasteiger partial charge in [0.2, 0.25) is 0 Å². The first-order chi connectivity index (χ1) is 23.8. The van der Waals surface area contributed by atoms with E-state index in [4.69, 9.17) is 14.4 Å². The van der Waals surface area contributed by atoms with E-state index in [1.165, 1.54) is 54.9 Å². The topological polar surface area (TPSA) is 38.9 Å². The molecular formula is C45H32N2O. The van der Waals surface area contributed by atoms with Crippen molar-refractivity contribution in [2.45, 2.75) is 31.6 Å². The smallest absolute Gasteiger partial charge is 0.143 e. The van der Waals surface area contributed by atoms with E-state index >= 15 is 0 Å². The summed E-state index contributed by atoms with van der Waals surface area (Å²) in [7, 11) is 0. The highest BCUT2D eigenvalue weighted by Gasteiger charge is 2.36. The summed E-state index contributed by atoms with van der Waals surface area (Å²) in [4.78, 5) is 10.4. The standard InChI is InChI=1S/C45H32N2O/c1-2-13-29(14-3-1)37-27-38-33-17-9-11-21-40(33)48-45(38)43-34-18-7-6-16-32(34)35(42(37)43)24-25-41-46-39-20-10-8-19-36(39)44(47-41)31-23-22-28-12-4-5-15-30(28)26-31/h1-5,7-15,17-23,26-27,35H,6,16,24-25H2. The van der Waals surface area contributed by atoms with Crippen LogP contribution in [0.2, 0.25) is 0 Å². The summed E-state index contributed by atoms with van der Waals surface area (Å²) in [6.07, 6.45) is 8.51. The van der Waals surface area contributed by atoms with Crippen LogP contribution in [-0.4, -0.2) is 9.97 Å². The molecule has 0 amide bonds. The molecule has 3 nitrogen and oxygen atoms in total. The first-order valence-corrected chi connectivity index (χ1v) is 17.0. The maximum absolute atomic E-state index is 6.70. The maximum Gasteiger partial charge on any atom is 0.143 e. The van der Waals surface area contributed by atoms with Gasteiger partial charge < -0.3 is 4.42 Å². The monoisotopic (exact) mass is 616 g/mol. The van der Waals surface area contributed by atoms with E-state index in [0.29, 0.717) is 0 Å². The Kier molecular flexibility index (Phi) is 6.20. The molecule has 1 atom stereocenters. The van der Waals surface area contributed by atoms with Gasteiger partial charge in [-0.05, 0) is 76.6 Å². The molecule has 0 N–H and O–H groups in total. The Morgan fingerprint density at radius 1 is 0.667 bits per heavy atom. The fourth-order valence-electron chi connectivity index (χ4n) is 8.21. The minimum atomic E-state index is 0.256. The molecular weight excluding hydrogens is 585 g/mol. The van der Waals surface area contributed by atoms with E-state index in [-0.39, 0.29) is 5.92 Å². The highest BCUT2D eigenvalue weighted by Crippen LogP contribution is 2.55. The van der Waals surface area contributed by atoms with Crippen molar-refractivity contribution in [3.63, 3.8) is 0 Å². The lowest BCUT2D eigenvalue weighted by molar-refractivity contribution is 0.659. The number of allylic oxidation sites excluding steroid dienone is 4. The Hall–Kier alpha value is -5.80. The van der Waals surface area contributed by atoms with Gasteiger partial charge in [0.15, 0.2) is 0 Å². The molecule has 0 saturated heterocycles. The summed E-state index contributed by atoms with van der Waals surface area (Å²) < 4.78 is 6.70. The number of benzene rings is 6. The fraction of sp³-hybridized carbons (Fsp3) is 0.111. The van der Waals surface area contributed by atoms with Crippen molar-refractivity contribution in [1.29, 1.82) is 0 Å². The van der Waals surface area contributed by atoms with Gasteiger partial charge in [-0.25, -0.2) is 9.97 Å². The Labute approximate surface area is 278 Å². The van der Waals surface area contributed by atoms with E-state index in [0.717, 1.165) is 64.8 Å². The average Bonchev–Trinajstić information content (AvgIpc) is 3.69. The van der Waals surface area contributed by atoms with Crippen molar-refractivity contribution in [3.8, 4) is 22.4 Å². The van der Waals surface area contributed by atoms with Crippen LogP contribution in [0.4, 0.5) is 0 Å². The Morgan fingerprint density at radius 3 is 2.38 bits per heavy atom. The van der Waals surface area contributed by atoms with Gasteiger partial charge in [-0.15, -0.1) is 0 Å². The zero-order valence-electron chi connectivity index (χ0n) is 26.5. The van der Waals surface area contributed by atoms with Crippen LogP contribution in [0.5, 0.6) is 0 Å². The number of nitrogens with zero attached hydrogens (tertiary/aromatic N) is 2. The Morgan fingerprint density at radius 2 is 1.46 bits per heavy atom. The molecule has 2 heterocycles. The van der Waals surface area contributed by atoms with Gasteiger partial charge in [-0.1, -0.05) is 121 Å². The predicted octanol–water partition coefficient (Wildman–Crippen LogP) is 11.8. The molecule has 228 valence electrons. The van der Waals surface area contributed by atoms with Crippen molar-refractivity contribution in [3.05, 3.63) is 162 Å². The molecule has 48 heavy (non-hydrogen) atoms. The molecule has 0 fully saturated rings. The second-order valence-electron chi connectivity index (χ2n) is 13.1. The number of hydrogen-bond donors (Lipinski definition) is 0. The largest absolute Gasteiger partial charge is 0.455 e. The lowest BCUT2D eigenvalue weighted by Crippen LogP contribution is -2.07. The fourth-order valence-corrected chi connectivity index (χ4v) is 8.21. The number of aromatic nitrogens is 2. The van der Waals surface area contributed by atoms with Crippen LogP contribution in [0.1, 0.15) is 42.1 Å². The molecule has 0 bridgehead atoms. The van der Waals surface area contributed by atoms with E-state index in [9.17, 15) is 0 Å². The van der Waals surface area contributed by atoms with Crippen molar-refractivity contribution in [1.82, 2.24) is 9.97 Å². The lowest BCUT2D eigenvalue weighted by Gasteiger charge is -2.21. The minimum absolute atomic E-state index is 0.256. The summed E-state index contributed by atoms with van der Waals surface area (Å²) in [6.45, 7) is 0. The van der Waals surface area contributed by atoms with E-state index < -0.39 is 0 Å². The summed E-state index contributed by atoms with van der Waals surface area (Å²) in [5.41, 5.74) is 13.1. The van der Waals surface area contributed by atoms with E-state index in [2.05, 4.69) is 140 Å². The molecule has 1 unspecified atom stereocenters. The van der Waals surface area contributed by atoms with Crippen molar-refractivity contribution in [2.24, 2.45) is 0 Å². The lowest BCUT2D eigenvalue weighted by atomic mass is 9.83. The molecule has 0 saturated carbocycles. The minimum Gasteiger partial charge on any atom is -0.455 e. The summed E-state index contributed by atoms with van der Waals surface area (Å²) in [5, 5.41) is 5.90. The first kappa shape index (κ1) is 27.3. The van der Waals surface area contributed by atoms with E-state index in [1.807, 2.05) is 0 Å². The molecule has 10 rings (SSSR count). The molecule has 0 aliphatic heterocycles. The average molecular weight is 617 g/mol. The van der Waals surface area contributed by atoms with Crippen LogP contribution >= 0.6 is 0 Å². The third-order valence-corrected chi connectivity index (χ3v) is 10.4. The number of rotatable bonds is 5. The number of para-hydroxylation sites is 2.